The van der Waals surface area contributed by atoms with Gasteiger partial charge >= 0.3 is 0 Å². The van der Waals surface area contributed by atoms with Crippen LogP contribution in [0.1, 0.15) is 60.7 Å². The molecule has 3 fully saturated rings. The third-order valence-corrected chi connectivity index (χ3v) is 8.29. The van der Waals surface area contributed by atoms with Crippen molar-refractivity contribution in [2.45, 2.75) is 62.6 Å². The van der Waals surface area contributed by atoms with Gasteiger partial charge in [-0.1, -0.05) is 5.16 Å². The minimum Gasteiger partial charge on any atom is -0.360 e. The zero-order valence-corrected chi connectivity index (χ0v) is 18.7. The minimum absolute atomic E-state index is 0.0271. The first-order valence-electron chi connectivity index (χ1n) is 11.0. The molecule has 4 rings (SSSR count). The molecule has 0 aromatic carbocycles. The molecule has 2 aliphatic heterocycles. The molecule has 1 unspecified atom stereocenters. The standard InChI is InChI=1S/C20H33N5O4S/c1-24(2)9-7-21-8-10-30(27,28)25-16-5-6-17(25)12-15(11-16)22-20(26)18-13-19(29-23-18)14-3-4-14/h13-17,21H,3-12H2,1-2H3,(H,22,26)/t15?,16-,17+. The molecule has 0 spiro atoms. The van der Waals surface area contributed by atoms with Crippen LogP contribution in [0.2, 0.25) is 0 Å². The molecule has 10 heteroatoms. The van der Waals surface area contributed by atoms with Gasteiger partial charge in [0.25, 0.3) is 5.91 Å². The summed E-state index contributed by atoms with van der Waals surface area (Å²) in [5.41, 5.74) is 0.322. The van der Waals surface area contributed by atoms with E-state index in [1.54, 1.807) is 10.4 Å². The monoisotopic (exact) mass is 439 g/mol. The number of rotatable bonds is 10. The second-order valence-electron chi connectivity index (χ2n) is 9.11. The molecule has 2 N–H and O–H groups in total. The molecule has 1 aromatic heterocycles. The molecule has 1 aromatic rings. The van der Waals surface area contributed by atoms with Gasteiger partial charge in [0, 0.05) is 49.7 Å². The van der Waals surface area contributed by atoms with E-state index in [1.165, 1.54) is 0 Å². The molecule has 3 aliphatic rings. The number of carbonyl (C=O) groups is 1. The van der Waals surface area contributed by atoms with Crippen molar-refractivity contribution in [3.8, 4) is 0 Å². The Balaban J connectivity index is 1.28. The van der Waals surface area contributed by atoms with Crippen molar-refractivity contribution in [2.24, 2.45) is 0 Å². The summed E-state index contributed by atoms with van der Waals surface area (Å²) < 4.78 is 32.9. The van der Waals surface area contributed by atoms with E-state index in [9.17, 15) is 13.2 Å². The molecule has 1 amide bonds. The van der Waals surface area contributed by atoms with Gasteiger partial charge in [-0.2, -0.15) is 4.31 Å². The summed E-state index contributed by atoms with van der Waals surface area (Å²) in [6, 6.07) is 1.66. The zero-order valence-electron chi connectivity index (χ0n) is 17.8. The molecular formula is C20H33N5O4S. The van der Waals surface area contributed by atoms with Crippen molar-refractivity contribution >= 4 is 15.9 Å². The van der Waals surface area contributed by atoms with Gasteiger partial charge in [-0.25, -0.2) is 8.42 Å². The van der Waals surface area contributed by atoms with Gasteiger partial charge < -0.3 is 20.1 Å². The van der Waals surface area contributed by atoms with Crippen LogP contribution in [0, 0.1) is 0 Å². The predicted octanol–water partition coefficient (Wildman–Crippen LogP) is 0.758. The maximum Gasteiger partial charge on any atom is 0.273 e. The van der Waals surface area contributed by atoms with Crippen LogP contribution in [0.4, 0.5) is 0 Å². The molecule has 1 saturated carbocycles. The van der Waals surface area contributed by atoms with E-state index >= 15 is 0 Å². The number of amides is 1. The Morgan fingerprint density at radius 3 is 2.53 bits per heavy atom. The largest absolute Gasteiger partial charge is 0.360 e. The average molecular weight is 440 g/mol. The summed E-state index contributed by atoms with van der Waals surface area (Å²) in [6.45, 7) is 2.11. The van der Waals surface area contributed by atoms with Gasteiger partial charge in [0.05, 0.1) is 5.75 Å². The lowest BCUT2D eigenvalue weighted by Gasteiger charge is -2.38. The number of likely N-dealkylation sites (N-methyl/N-ethyl adjacent to an activating group) is 1. The summed E-state index contributed by atoms with van der Waals surface area (Å²) in [7, 11) is 0.681. The molecule has 9 nitrogen and oxygen atoms in total. The predicted molar refractivity (Wildman–Crippen MR) is 113 cm³/mol. The number of aromatic nitrogens is 1. The summed E-state index contributed by atoms with van der Waals surface area (Å²) in [4.78, 5) is 14.6. The lowest BCUT2D eigenvalue weighted by Crippen LogP contribution is -2.53. The maximum absolute atomic E-state index is 12.9. The lowest BCUT2D eigenvalue weighted by atomic mass is 9.99. The quantitative estimate of drug-likeness (QED) is 0.518. The first kappa shape index (κ1) is 21.7. The van der Waals surface area contributed by atoms with Gasteiger partial charge in [0.15, 0.2) is 5.69 Å². The molecular weight excluding hydrogens is 406 g/mol. The summed E-state index contributed by atoms with van der Waals surface area (Å²) >= 11 is 0. The highest BCUT2D eigenvalue weighted by atomic mass is 32.2. The van der Waals surface area contributed by atoms with Gasteiger partial charge in [-0.15, -0.1) is 0 Å². The van der Waals surface area contributed by atoms with Crippen LogP contribution in [-0.2, 0) is 10.0 Å². The smallest absolute Gasteiger partial charge is 0.273 e. The van der Waals surface area contributed by atoms with Crippen molar-refractivity contribution in [1.82, 2.24) is 25.0 Å². The van der Waals surface area contributed by atoms with E-state index in [0.29, 0.717) is 31.0 Å². The number of sulfonamides is 1. The molecule has 3 heterocycles. The summed E-state index contributed by atoms with van der Waals surface area (Å²) in [5.74, 6) is 1.10. The topological polar surface area (TPSA) is 108 Å². The van der Waals surface area contributed by atoms with Crippen molar-refractivity contribution < 1.29 is 17.7 Å². The van der Waals surface area contributed by atoms with E-state index in [-0.39, 0.29) is 29.8 Å². The molecule has 0 radical (unpaired) electrons. The number of hydrogen-bond acceptors (Lipinski definition) is 7. The average Bonchev–Trinajstić information content (AvgIpc) is 3.33. The van der Waals surface area contributed by atoms with Gasteiger partial charge in [-0.3, -0.25) is 4.79 Å². The Morgan fingerprint density at radius 1 is 1.20 bits per heavy atom. The van der Waals surface area contributed by atoms with E-state index in [1.807, 2.05) is 14.1 Å². The van der Waals surface area contributed by atoms with Crippen LogP contribution in [-0.4, -0.2) is 86.3 Å². The van der Waals surface area contributed by atoms with Crippen LogP contribution < -0.4 is 10.6 Å². The fourth-order valence-corrected chi connectivity index (χ4v) is 6.56. The fraction of sp³-hybridized carbons (Fsp3) is 0.800. The molecule has 2 bridgehead atoms. The number of hydrogen-bond donors (Lipinski definition) is 2. The molecule has 3 atom stereocenters. The molecule has 1 aliphatic carbocycles. The normalized spacial score (nSPS) is 27.0. The Hall–Kier alpha value is -1.49. The van der Waals surface area contributed by atoms with Crippen molar-refractivity contribution in [2.75, 3.05) is 39.5 Å². The maximum atomic E-state index is 12.9. The third-order valence-electron chi connectivity index (χ3n) is 6.34. The third kappa shape index (κ3) is 5.04. The number of carbonyl (C=O) groups excluding carboxylic acids is 1. The van der Waals surface area contributed by atoms with E-state index in [4.69, 9.17) is 4.52 Å². The highest BCUT2D eigenvalue weighted by Gasteiger charge is 2.46. The molecule has 30 heavy (non-hydrogen) atoms. The van der Waals surface area contributed by atoms with Crippen LogP contribution in [0.5, 0.6) is 0 Å². The van der Waals surface area contributed by atoms with Crippen LogP contribution in [0.15, 0.2) is 10.6 Å². The minimum atomic E-state index is -3.31. The first-order valence-corrected chi connectivity index (χ1v) is 12.6. The van der Waals surface area contributed by atoms with E-state index < -0.39 is 10.0 Å². The van der Waals surface area contributed by atoms with Crippen LogP contribution >= 0.6 is 0 Å². The lowest BCUT2D eigenvalue weighted by molar-refractivity contribution is 0.0900. The van der Waals surface area contributed by atoms with Crippen LogP contribution in [0.3, 0.4) is 0 Å². The summed E-state index contributed by atoms with van der Waals surface area (Å²) in [6.07, 6.45) is 5.22. The SMILES string of the molecule is CN(C)CCNCCS(=O)(=O)N1[C@@H]2CC[C@H]1CC(NC(=O)c1cc(C3CC3)on1)C2. The Bertz CT molecular complexity index is 837. The highest BCUT2D eigenvalue weighted by Crippen LogP contribution is 2.40. The van der Waals surface area contributed by atoms with Crippen molar-refractivity contribution in [3.63, 3.8) is 0 Å². The van der Waals surface area contributed by atoms with Crippen LogP contribution in [0.25, 0.3) is 0 Å². The van der Waals surface area contributed by atoms with Crippen molar-refractivity contribution in [1.29, 1.82) is 0 Å². The van der Waals surface area contributed by atoms with Gasteiger partial charge in [0.1, 0.15) is 5.76 Å². The Labute approximate surface area is 178 Å². The number of fused-ring (bicyclic) bond motifs is 2. The zero-order chi connectivity index (χ0) is 21.3. The second kappa shape index (κ2) is 8.94. The van der Waals surface area contributed by atoms with Gasteiger partial charge in [-0.05, 0) is 52.6 Å². The second-order valence-corrected chi connectivity index (χ2v) is 11.1. The number of piperidine rings is 1. The Kier molecular flexibility index (Phi) is 6.47. The number of nitrogens with one attached hydrogen (secondary N) is 2. The summed E-state index contributed by atoms with van der Waals surface area (Å²) in [5, 5.41) is 10.2. The highest BCUT2D eigenvalue weighted by molar-refractivity contribution is 7.89. The fourth-order valence-electron chi connectivity index (χ4n) is 4.66. The first-order chi connectivity index (χ1) is 14.3. The van der Waals surface area contributed by atoms with Gasteiger partial charge in [0.2, 0.25) is 10.0 Å². The Morgan fingerprint density at radius 2 is 1.90 bits per heavy atom. The molecule has 2 saturated heterocycles. The van der Waals surface area contributed by atoms with E-state index in [2.05, 4.69) is 20.7 Å². The van der Waals surface area contributed by atoms with Crippen molar-refractivity contribution in [3.05, 3.63) is 17.5 Å². The molecule has 168 valence electrons. The van der Waals surface area contributed by atoms with E-state index in [0.717, 1.165) is 44.5 Å². The number of nitrogens with zero attached hydrogens (tertiary/aromatic N) is 3.